The molecule has 5 atom stereocenters. The van der Waals surface area contributed by atoms with E-state index in [1.54, 1.807) is 19.1 Å². The van der Waals surface area contributed by atoms with E-state index in [9.17, 15) is 34.5 Å². The molecule has 28 heavy (non-hydrogen) atoms. The molecule has 1 aromatic heterocycles. The summed E-state index contributed by atoms with van der Waals surface area (Å²) < 4.78 is 25.7. The van der Waals surface area contributed by atoms with E-state index in [1.807, 2.05) is 0 Å². The SMILES string of the molecule is Cc1cc(=O)oc2cc(O[C@@H]3C[C@H](COP(=O)([O-])[O-])[C@@H](O)[C@H](O)[C@H]3O)ccc12. The van der Waals surface area contributed by atoms with Crippen LogP contribution in [0, 0.1) is 12.8 Å². The summed E-state index contributed by atoms with van der Waals surface area (Å²) in [5, 5.41) is 30.9. The van der Waals surface area contributed by atoms with Crippen molar-refractivity contribution < 1.29 is 43.3 Å². The minimum absolute atomic E-state index is 0.0881. The maximum Gasteiger partial charge on any atom is 0.336 e. The van der Waals surface area contributed by atoms with E-state index in [0.717, 1.165) is 0 Å². The average molecular weight is 414 g/mol. The van der Waals surface area contributed by atoms with E-state index in [-0.39, 0.29) is 17.8 Å². The molecule has 154 valence electrons. The molecule has 1 aliphatic rings. The molecule has 1 aliphatic carbocycles. The Bertz CT molecular complexity index is 951. The van der Waals surface area contributed by atoms with E-state index in [1.165, 1.54) is 12.1 Å². The van der Waals surface area contributed by atoms with Gasteiger partial charge in [0.05, 0.1) is 20.5 Å². The number of ether oxygens (including phenoxy) is 1. The van der Waals surface area contributed by atoms with Crippen LogP contribution in [0.1, 0.15) is 12.0 Å². The van der Waals surface area contributed by atoms with Crippen molar-refractivity contribution in [2.45, 2.75) is 37.8 Å². The molecular formula is C17H19O10P-2. The molecule has 3 rings (SSSR count). The molecule has 2 aromatic rings. The standard InChI is InChI=1S/C17H21O10P/c1-8-4-14(18)27-12-6-10(2-3-11(8)12)26-13-5-9(7-25-28(22,23)24)15(19)17(21)16(13)20/h2-4,6,9,13,15-17,19-21H,5,7H2,1H3,(H2,22,23,24)/p-2/t9-,13-,15-,16+,17+/m1/s1. The van der Waals surface area contributed by atoms with Gasteiger partial charge in [-0.3, -0.25) is 0 Å². The quantitative estimate of drug-likeness (QED) is 0.398. The Hall–Kier alpha value is -1.78. The lowest BCUT2D eigenvalue weighted by Gasteiger charge is -2.41. The number of fused-ring (bicyclic) bond motifs is 1. The zero-order valence-corrected chi connectivity index (χ0v) is 15.7. The fourth-order valence-electron chi connectivity index (χ4n) is 3.30. The van der Waals surface area contributed by atoms with Crippen LogP contribution in [0.2, 0.25) is 0 Å². The van der Waals surface area contributed by atoms with Gasteiger partial charge in [-0.1, -0.05) is 0 Å². The molecule has 0 aliphatic heterocycles. The largest absolute Gasteiger partial charge is 0.790 e. The molecule has 0 spiro atoms. The van der Waals surface area contributed by atoms with Crippen LogP contribution in [-0.4, -0.2) is 46.3 Å². The predicted molar refractivity (Wildman–Crippen MR) is 91.3 cm³/mol. The Morgan fingerprint density at radius 3 is 2.57 bits per heavy atom. The van der Waals surface area contributed by atoms with Crippen molar-refractivity contribution in [2.24, 2.45) is 5.92 Å². The zero-order valence-electron chi connectivity index (χ0n) is 14.8. The van der Waals surface area contributed by atoms with Crippen LogP contribution in [0.5, 0.6) is 5.75 Å². The number of aliphatic hydroxyl groups is 3. The van der Waals surface area contributed by atoms with Crippen LogP contribution >= 0.6 is 7.82 Å². The Morgan fingerprint density at radius 2 is 1.89 bits per heavy atom. The Labute approximate surface area is 159 Å². The second-order valence-corrected chi connectivity index (χ2v) is 7.93. The van der Waals surface area contributed by atoms with Gasteiger partial charge in [-0.25, -0.2) is 4.79 Å². The zero-order chi connectivity index (χ0) is 20.6. The van der Waals surface area contributed by atoms with E-state index in [2.05, 4.69) is 4.52 Å². The molecule has 1 aromatic carbocycles. The van der Waals surface area contributed by atoms with Crippen LogP contribution in [0.25, 0.3) is 11.0 Å². The van der Waals surface area contributed by atoms with Crippen LogP contribution in [0.4, 0.5) is 0 Å². The van der Waals surface area contributed by atoms with Gasteiger partial charge in [-0.05, 0) is 31.0 Å². The van der Waals surface area contributed by atoms with Crippen LogP contribution < -0.4 is 20.1 Å². The van der Waals surface area contributed by atoms with E-state index in [4.69, 9.17) is 9.15 Å². The van der Waals surface area contributed by atoms with Gasteiger partial charge < -0.3 is 43.3 Å². The molecule has 3 N–H and O–H groups in total. The monoisotopic (exact) mass is 414 g/mol. The summed E-state index contributed by atoms with van der Waals surface area (Å²) in [6.07, 6.45) is -5.73. The molecule has 0 amide bonds. The number of phosphoric ester groups is 1. The first kappa shape index (κ1) is 20.9. The van der Waals surface area contributed by atoms with E-state index >= 15 is 0 Å². The molecule has 1 fully saturated rings. The Kier molecular flexibility index (Phi) is 5.92. The second-order valence-electron chi connectivity index (χ2n) is 6.77. The molecule has 1 heterocycles. The van der Waals surface area contributed by atoms with Crippen molar-refractivity contribution in [3.8, 4) is 5.75 Å². The molecule has 1 saturated carbocycles. The lowest BCUT2D eigenvalue weighted by molar-refractivity contribution is -0.343. The molecule has 11 heteroatoms. The van der Waals surface area contributed by atoms with Crippen molar-refractivity contribution in [3.05, 3.63) is 40.2 Å². The summed E-state index contributed by atoms with van der Waals surface area (Å²) >= 11 is 0. The fraction of sp³-hybridized carbons (Fsp3) is 0.471. The summed E-state index contributed by atoms with van der Waals surface area (Å²) in [4.78, 5) is 32.9. The van der Waals surface area contributed by atoms with Crippen LogP contribution in [0.15, 0.2) is 33.5 Å². The maximum absolute atomic E-state index is 11.5. The Balaban J connectivity index is 1.80. The van der Waals surface area contributed by atoms with Crippen LogP contribution in [-0.2, 0) is 9.09 Å². The number of hydrogen-bond acceptors (Lipinski definition) is 10. The maximum atomic E-state index is 11.5. The van der Waals surface area contributed by atoms with Gasteiger partial charge >= 0.3 is 5.63 Å². The normalized spacial score (nSPS) is 28.4. The number of phosphoric acid groups is 1. The third-order valence-corrected chi connectivity index (χ3v) is 5.22. The molecule has 0 bridgehead atoms. The number of benzene rings is 1. The van der Waals surface area contributed by atoms with Gasteiger partial charge in [0.1, 0.15) is 29.6 Å². The first-order chi connectivity index (χ1) is 13.0. The summed E-state index contributed by atoms with van der Waals surface area (Å²) in [6.45, 7) is 1.10. The minimum Gasteiger partial charge on any atom is -0.790 e. The van der Waals surface area contributed by atoms with Gasteiger partial charge in [-0.15, -0.1) is 0 Å². The van der Waals surface area contributed by atoms with E-state index in [0.29, 0.717) is 10.9 Å². The van der Waals surface area contributed by atoms with Crippen molar-refractivity contribution in [1.82, 2.24) is 0 Å². The lowest BCUT2D eigenvalue weighted by Crippen LogP contribution is -2.56. The molecular weight excluding hydrogens is 395 g/mol. The van der Waals surface area contributed by atoms with E-state index < -0.39 is 50.4 Å². The third kappa shape index (κ3) is 4.61. The summed E-state index contributed by atoms with van der Waals surface area (Å²) in [5.74, 6) is -0.730. The average Bonchev–Trinajstić information content (AvgIpc) is 2.60. The van der Waals surface area contributed by atoms with Crippen molar-refractivity contribution in [3.63, 3.8) is 0 Å². The van der Waals surface area contributed by atoms with Gasteiger partial charge in [0.25, 0.3) is 0 Å². The van der Waals surface area contributed by atoms with Gasteiger partial charge in [0.2, 0.25) is 0 Å². The topological polar surface area (TPSA) is 173 Å². The number of aryl methyl sites for hydroxylation is 1. The highest BCUT2D eigenvalue weighted by Gasteiger charge is 2.44. The minimum atomic E-state index is -5.26. The van der Waals surface area contributed by atoms with Crippen molar-refractivity contribution >= 4 is 18.8 Å². The number of hydrogen-bond donors (Lipinski definition) is 3. The summed E-state index contributed by atoms with van der Waals surface area (Å²) in [7, 11) is -5.26. The highest BCUT2D eigenvalue weighted by molar-refractivity contribution is 7.43. The van der Waals surface area contributed by atoms with Gasteiger partial charge in [-0.2, -0.15) is 0 Å². The highest BCUT2D eigenvalue weighted by atomic mass is 31.2. The lowest BCUT2D eigenvalue weighted by atomic mass is 9.81. The second kappa shape index (κ2) is 7.92. The number of aliphatic hydroxyl groups excluding tert-OH is 3. The predicted octanol–water partition coefficient (Wildman–Crippen LogP) is -1.20. The molecule has 0 radical (unpaired) electrons. The Morgan fingerprint density at radius 1 is 1.18 bits per heavy atom. The first-order valence-corrected chi connectivity index (χ1v) is 9.93. The van der Waals surface area contributed by atoms with Gasteiger partial charge in [0, 0.05) is 23.4 Å². The van der Waals surface area contributed by atoms with Crippen LogP contribution in [0.3, 0.4) is 0 Å². The van der Waals surface area contributed by atoms with Gasteiger partial charge in [0.15, 0.2) is 0 Å². The fourth-order valence-corrected chi connectivity index (χ4v) is 3.68. The molecule has 10 nitrogen and oxygen atoms in total. The van der Waals surface area contributed by atoms with Crippen molar-refractivity contribution in [1.29, 1.82) is 0 Å². The highest BCUT2D eigenvalue weighted by Crippen LogP contribution is 2.34. The number of rotatable bonds is 5. The smallest absolute Gasteiger partial charge is 0.336 e. The third-order valence-electron chi connectivity index (χ3n) is 4.76. The van der Waals surface area contributed by atoms with Crippen molar-refractivity contribution in [2.75, 3.05) is 6.61 Å². The molecule has 0 unspecified atom stereocenters. The summed E-state index contributed by atoms with van der Waals surface area (Å²) in [5.41, 5.74) is 0.452. The summed E-state index contributed by atoms with van der Waals surface area (Å²) in [6, 6.07) is 6.04. The first-order valence-electron chi connectivity index (χ1n) is 8.47. The molecule has 0 saturated heterocycles.